The predicted octanol–water partition coefficient (Wildman–Crippen LogP) is 4.71. The third-order valence-electron chi connectivity index (χ3n) is 8.38. The van der Waals surface area contributed by atoms with Crippen molar-refractivity contribution in [2.75, 3.05) is 36.0 Å². The Labute approximate surface area is 338 Å². The van der Waals surface area contributed by atoms with Crippen LogP contribution in [0.25, 0.3) is 0 Å². The van der Waals surface area contributed by atoms with Gasteiger partial charge in [0.15, 0.2) is 0 Å². The highest BCUT2D eigenvalue weighted by Gasteiger charge is 2.81. The maximum Gasteiger partial charge on any atom is 0.286 e. The summed E-state index contributed by atoms with van der Waals surface area (Å²) >= 11 is 0. The Hall–Kier alpha value is -6.64. The van der Waals surface area contributed by atoms with Crippen LogP contribution in [0.5, 0.6) is 0 Å². The van der Waals surface area contributed by atoms with E-state index < -0.39 is 58.1 Å². The molecule has 0 unspecified atom stereocenters. The van der Waals surface area contributed by atoms with Crippen molar-refractivity contribution in [3.8, 4) is 0 Å². The first-order valence-corrected chi connectivity index (χ1v) is 18.4. The number of carbonyl (C=O) groups excluding carboxylic acids is 8. The average Bonchev–Trinajstić information content (AvgIpc) is 3.25. The molecule has 4 aromatic rings. The van der Waals surface area contributed by atoms with E-state index in [9.17, 15) is 38.4 Å². The highest BCUT2D eigenvalue weighted by atomic mass is 16.2. The Balaban J connectivity index is 0.000000293. The van der Waals surface area contributed by atoms with Crippen molar-refractivity contribution in [2.24, 2.45) is 10.8 Å². The van der Waals surface area contributed by atoms with Crippen LogP contribution in [0.1, 0.15) is 46.1 Å². The minimum Gasteiger partial charge on any atom is -0.400 e. The van der Waals surface area contributed by atoms with Crippen molar-refractivity contribution >= 4 is 64.3 Å². The van der Waals surface area contributed by atoms with Crippen LogP contribution in [-0.2, 0) is 38.4 Å². The van der Waals surface area contributed by atoms with E-state index >= 15 is 0 Å². The van der Waals surface area contributed by atoms with Gasteiger partial charge in [0.05, 0.1) is 17.1 Å². The van der Waals surface area contributed by atoms with Crippen LogP contribution >= 0.6 is 0 Å². The second-order valence-corrected chi connectivity index (χ2v) is 12.6. The van der Waals surface area contributed by atoms with E-state index in [1.165, 1.54) is 25.5 Å². The summed E-state index contributed by atoms with van der Waals surface area (Å²) in [6.45, 7) is 10.6. The Bertz CT molecular complexity index is 1910. The fourth-order valence-electron chi connectivity index (χ4n) is 5.73. The number of rotatable bonds is 3. The summed E-state index contributed by atoms with van der Waals surface area (Å²) < 4.78 is 0. The van der Waals surface area contributed by atoms with Crippen molar-refractivity contribution in [3.63, 3.8) is 0 Å². The molecule has 0 atom stereocenters. The topological polar surface area (TPSA) is 190 Å². The molecule has 0 aliphatic carbocycles. The zero-order valence-corrected chi connectivity index (χ0v) is 33.9. The normalized spacial score (nSPS) is 16.0. The Kier molecular flexibility index (Phi) is 17.7. The highest BCUT2D eigenvalue weighted by molar-refractivity contribution is 6.64. The number of aryl methyl sites for hydroxylation is 1. The van der Waals surface area contributed by atoms with Crippen LogP contribution in [0.2, 0.25) is 0 Å². The molecule has 2 N–H and O–H groups in total. The van der Waals surface area contributed by atoms with Gasteiger partial charge in [-0.15, -0.1) is 0 Å². The molecule has 8 rings (SSSR count). The van der Waals surface area contributed by atoms with E-state index in [1.54, 1.807) is 91.0 Å². The first-order chi connectivity index (χ1) is 27.8. The Morgan fingerprint density at radius 2 is 0.569 bits per heavy atom. The summed E-state index contributed by atoms with van der Waals surface area (Å²) in [4.78, 5) is 100. The van der Waals surface area contributed by atoms with Gasteiger partial charge in [-0.3, -0.25) is 43.3 Å². The third kappa shape index (κ3) is 8.38. The molecule has 0 radical (unpaired) electrons. The number of carbonyl (C=O) groups is 8. The molecule has 0 aromatic heterocycles. The van der Waals surface area contributed by atoms with E-state index in [1.807, 2.05) is 18.2 Å². The molecule has 2 spiro atoms. The van der Waals surface area contributed by atoms with E-state index in [0.717, 1.165) is 33.8 Å². The molecule has 4 heterocycles. The van der Waals surface area contributed by atoms with Gasteiger partial charge in [0, 0.05) is 21.3 Å². The molecule has 58 heavy (non-hydrogen) atoms. The molecule has 8 amide bonds. The fourth-order valence-corrected chi connectivity index (χ4v) is 5.73. The predicted molar refractivity (Wildman–Crippen MR) is 219 cm³/mol. The first kappa shape index (κ1) is 47.5. The smallest absolute Gasteiger partial charge is 0.286 e. The molecule has 4 fully saturated rings. The maximum atomic E-state index is 12.4. The van der Waals surface area contributed by atoms with Gasteiger partial charge < -0.3 is 10.2 Å². The number of nitrogens with zero attached hydrogens (tertiary/aromatic N) is 4. The zero-order valence-electron chi connectivity index (χ0n) is 33.9. The lowest BCUT2D eigenvalue weighted by atomic mass is 9.68. The van der Waals surface area contributed by atoms with Gasteiger partial charge in [-0.25, -0.2) is 14.7 Å². The molecular weight excluding hydrogens is 745 g/mol. The van der Waals surface area contributed by atoms with Crippen molar-refractivity contribution in [3.05, 3.63) is 127 Å². The van der Waals surface area contributed by atoms with Crippen LogP contribution in [0.4, 0.5) is 17.1 Å². The van der Waals surface area contributed by atoms with E-state index in [2.05, 4.69) is 46.8 Å². The summed E-state index contributed by atoms with van der Waals surface area (Å²) in [5.41, 5.74) is -1.86. The average molecular weight is 795 g/mol. The van der Waals surface area contributed by atoms with Crippen molar-refractivity contribution < 1.29 is 48.6 Å². The SMILES string of the molecule is CCC.CCC.CN1C(=O)C2(C1=O)C(=O)N(c1ccccc1)C2=O.CO.CO.Cc1ccccc1.O=C1N(c2ccccc2)C(=O)C12C(=O)N(c1ccccc1)C2=O. The molecule has 0 saturated carbocycles. The largest absolute Gasteiger partial charge is 0.400 e. The number of hydrogen-bond acceptors (Lipinski definition) is 10. The van der Waals surface area contributed by atoms with Crippen molar-refractivity contribution in [2.45, 2.75) is 47.5 Å². The number of para-hydroxylation sites is 3. The monoisotopic (exact) mass is 794 g/mol. The van der Waals surface area contributed by atoms with Gasteiger partial charge >= 0.3 is 0 Å². The van der Waals surface area contributed by atoms with Gasteiger partial charge in [0.25, 0.3) is 58.1 Å². The minimum absolute atomic E-state index is 0.354. The van der Waals surface area contributed by atoms with Crippen molar-refractivity contribution in [1.29, 1.82) is 0 Å². The van der Waals surface area contributed by atoms with Crippen LogP contribution in [0.3, 0.4) is 0 Å². The molecule has 4 aromatic carbocycles. The van der Waals surface area contributed by atoms with Gasteiger partial charge in [-0.05, 0) is 43.3 Å². The maximum absolute atomic E-state index is 12.4. The van der Waals surface area contributed by atoms with E-state index in [4.69, 9.17) is 10.2 Å². The number of anilines is 3. The fraction of sp³-hybridized carbons (Fsp3) is 0.273. The third-order valence-corrected chi connectivity index (χ3v) is 8.38. The lowest BCUT2D eigenvalue weighted by molar-refractivity contribution is -0.185. The molecule has 306 valence electrons. The molecule has 14 nitrogen and oxygen atoms in total. The molecular formula is C44H50N4O10. The lowest BCUT2D eigenvalue weighted by Gasteiger charge is -2.52. The van der Waals surface area contributed by atoms with E-state index in [0.29, 0.717) is 17.1 Å². The number of likely N-dealkylation sites (tertiary alicyclic amines) is 1. The molecule has 4 saturated heterocycles. The standard InChI is InChI=1S/C17H10N2O4.C12H8N2O4.C7H8.2C3H8.2CH4O/c20-13-17(14(21)18(13)11-7-3-1-4-8-11)15(22)19(16(17)23)12-9-5-2-6-10-12;1-13-8(15)12(9(13)16)10(17)14(11(12)18)7-5-3-2-4-6-7;1-7-5-3-2-4-6-7;2*1-3-2;2*1-2/h1-10H;2-6H,1H3;2-6H,1H3;2*3H2,1-2H3;2*2H,1H3. The number of aliphatic hydroxyl groups is 2. The van der Waals surface area contributed by atoms with Crippen molar-refractivity contribution in [1.82, 2.24) is 4.90 Å². The quantitative estimate of drug-likeness (QED) is 0.217. The van der Waals surface area contributed by atoms with Crippen LogP contribution in [0.15, 0.2) is 121 Å². The molecule has 0 bridgehead atoms. The Morgan fingerprint density at radius 3 is 0.759 bits per heavy atom. The second-order valence-electron chi connectivity index (χ2n) is 12.6. The van der Waals surface area contributed by atoms with E-state index in [-0.39, 0.29) is 0 Å². The van der Waals surface area contributed by atoms with Crippen LogP contribution < -0.4 is 14.7 Å². The first-order valence-electron chi connectivity index (χ1n) is 18.4. The Morgan fingerprint density at radius 1 is 0.379 bits per heavy atom. The number of aliphatic hydroxyl groups excluding tert-OH is 2. The molecule has 4 aliphatic rings. The second kappa shape index (κ2) is 21.6. The molecule has 14 heteroatoms. The summed E-state index contributed by atoms with van der Waals surface area (Å²) in [6.07, 6.45) is 2.50. The lowest BCUT2D eigenvalue weighted by Crippen LogP contribution is -2.84. The van der Waals surface area contributed by atoms with Crippen LogP contribution in [-0.4, -0.2) is 83.6 Å². The number of amides is 8. The number of β-lactam (4-membered cyclic amide) rings is 8. The summed E-state index contributed by atoms with van der Waals surface area (Å²) in [7, 11) is 3.25. The summed E-state index contributed by atoms with van der Waals surface area (Å²) in [6, 6.07) is 34.9. The summed E-state index contributed by atoms with van der Waals surface area (Å²) in [5.74, 6) is -6.12. The van der Waals surface area contributed by atoms with Gasteiger partial charge in [-0.1, -0.05) is 131 Å². The van der Waals surface area contributed by atoms with Gasteiger partial charge in [-0.2, -0.15) is 0 Å². The summed E-state index contributed by atoms with van der Waals surface area (Å²) in [5, 5.41) is 14.0. The number of hydrogen-bond donors (Lipinski definition) is 2. The molecule has 4 aliphatic heterocycles. The number of benzene rings is 4. The van der Waals surface area contributed by atoms with Gasteiger partial charge in [0.1, 0.15) is 0 Å². The zero-order chi connectivity index (χ0) is 43.8. The van der Waals surface area contributed by atoms with Gasteiger partial charge in [0.2, 0.25) is 0 Å². The highest BCUT2D eigenvalue weighted by Crippen LogP contribution is 2.48. The minimum atomic E-state index is -2.17. The van der Waals surface area contributed by atoms with Crippen LogP contribution in [0, 0.1) is 17.8 Å². The number of imide groups is 4.